The van der Waals surface area contributed by atoms with Crippen LogP contribution in [0.5, 0.6) is 0 Å². The van der Waals surface area contributed by atoms with Crippen LogP contribution in [-0.2, 0) is 0 Å². The zero-order chi connectivity index (χ0) is 15.4. The maximum Gasteiger partial charge on any atom is 0.292 e. The summed E-state index contributed by atoms with van der Waals surface area (Å²) in [6, 6.07) is 13.3. The molecule has 0 radical (unpaired) electrons. The maximum absolute atomic E-state index is 11.0. The molecule has 0 aromatic heterocycles. The van der Waals surface area contributed by atoms with Gasteiger partial charge in [-0.25, -0.2) is 0 Å². The van der Waals surface area contributed by atoms with Crippen LogP contribution in [0.4, 0.5) is 11.4 Å². The van der Waals surface area contributed by atoms with Gasteiger partial charge in [-0.2, -0.15) is 5.26 Å². The molecular formula is C15H12ClN3O2. The van der Waals surface area contributed by atoms with Crippen LogP contribution in [0.1, 0.15) is 24.1 Å². The second kappa shape index (κ2) is 6.25. The van der Waals surface area contributed by atoms with Gasteiger partial charge in [0.15, 0.2) is 0 Å². The normalized spacial score (nSPS) is 11.5. The van der Waals surface area contributed by atoms with Crippen molar-refractivity contribution in [2.24, 2.45) is 0 Å². The second-order valence-electron chi connectivity index (χ2n) is 4.52. The van der Waals surface area contributed by atoms with Crippen LogP contribution in [0.2, 0.25) is 5.02 Å². The van der Waals surface area contributed by atoms with Gasteiger partial charge >= 0.3 is 0 Å². The van der Waals surface area contributed by atoms with Crippen LogP contribution in [0.3, 0.4) is 0 Å². The number of nitrogens with one attached hydrogen (secondary N) is 1. The van der Waals surface area contributed by atoms with Gasteiger partial charge in [0.1, 0.15) is 5.69 Å². The van der Waals surface area contributed by atoms with E-state index in [2.05, 4.69) is 11.4 Å². The monoisotopic (exact) mass is 301 g/mol. The molecule has 0 heterocycles. The highest BCUT2D eigenvalue weighted by atomic mass is 35.5. The van der Waals surface area contributed by atoms with Crippen LogP contribution in [0.25, 0.3) is 0 Å². The minimum atomic E-state index is -0.461. The van der Waals surface area contributed by atoms with Crippen molar-refractivity contribution >= 4 is 23.0 Å². The molecule has 1 N–H and O–H groups in total. The summed E-state index contributed by atoms with van der Waals surface area (Å²) in [6.07, 6.45) is 0. The fourth-order valence-electron chi connectivity index (χ4n) is 1.98. The number of anilines is 1. The largest absolute Gasteiger partial charge is 0.373 e. The van der Waals surface area contributed by atoms with E-state index < -0.39 is 4.92 Å². The molecule has 0 aliphatic heterocycles. The van der Waals surface area contributed by atoms with E-state index in [0.29, 0.717) is 16.3 Å². The number of hydrogen-bond donors (Lipinski definition) is 1. The summed E-state index contributed by atoms with van der Waals surface area (Å²) in [5, 5.41) is 23.4. The third-order valence-corrected chi connectivity index (χ3v) is 3.28. The lowest BCUT2D eigenvalue weighted by Crippen LogP contribution is -2.08. The van der Waals surface area contributed by atoms with E-state index in [1.165, 1.54) is 18.2 Å². The van der Waals surface area contributed by atoms with Gasteiger partial charge in [0.25, 0.3) is 5.69 Å². The number of nitrogens with zero attached hydrogens (tertiary/aromatic N) is 2. The third kappa shape index (κ3) is 3.50. The lowest BCUT2D eigenvalue weighted by molar-refractivity contribution is -0.384. The first-order valence-electron chi connectivity index (χ1n) is 6.22. The molecule has 2 rings (SSSR count). The summed E-state index contributed by atoms with van der Waals surface area (Å²) >= 11 is 5.89. The average Bonchev–Trinajstić information content (AvgIpc) is 2.47. The smallest absolute Gasteiger partial charge is 0.292 e. The average molecular weight is 302 g/mol. The van der Waals surface area contributed by atoms with Gasteiger partial charge in [-0.05, 0) is 36.8 Å². The van der Waals surface area contributed by atoms with Gasteiger partial charge in [0.05, 0.1) is 16.6 Å². The highest BCUT2D eigenvalue weighted by Gasteiger charge is 2.16. The van der Waals surface area contributed by atoms with Gasteiger partial charge in [-0.3, -0.25) is 10.1 Å². The van der Waals surface area contributed by atoms with Crippen molar-refractivity contribution < 1.29 is 4.92 Å². The topological polar surface area (TPSA) is 79.0 Å². The summed E-state index contributed by atoms with van der Waals surface area (Å²) in [5.74, 6) is 0. The molecule has 0 bridgehead atoms. The number of hydrogen-bond acceptors (Lipinski definition) is 4. The molecular weight excluding hydrogens is 290 g/mol. The van der Waals surface area contributed by atoms with E-state index in [9.17, 15) is 10.1 Å². The molecule has 1 unspecified atom stereocenters. The number of halogens is 1. The molecule has 0 fully saturated rings. The standard InChI is InChI=1S/C15H12ClN3O2/c1-10(12-4-2-3-11(7-12)9-17)18-14-8-13(16)5-6-15(14)19(20)21/h2-8,10,18H,1H3. The van der Waals surface area contributed by atoms with E-state index in [-0.39, 0.29) is 11.7 Å². The first kappa shape index (κ1) is 14.8. The molecule has 0 aliphatic carbocycles. The van der Waals surface area contributed by atoms with Gasteiger partial charge in [0, 0.05) is 17.1 Å². The molecule has 0 spiro atoms. The number of benzene rings is 2. The highest BCUT2D eigenvalue weighted by molar-refractivity contribution is 6.31. The molecule has 106 valence electrons. The summed E-state index contributed by atoms with van der Waals surface area (Å²) in [7, 11) is 0. The van der Waals surface area contributed by atoms with E-state index in [4.69, 9.17) is 16.9 Å². The van der Waals surface area contributed by atoms with Crippen LogP contribution < -0.4 is 5.32 Å². The predicted octanol–water partition coefficient (Wildman–Crippen LogP) is 4.29. The van der Waals surface area contributed by atoms with E-state index in [1.807, 2.05) is 13.0 Å². The Bertz CT molecular complexity index is 725. The first-order chi connectivity index (χ1) is 10.0. The molecule has 0 saturated heterocycles. The molecule has 2 aromatic carbocycles. The van der Waals surface area contributed by atoms with Crippen molar-refractivity contribution in [2.45, 2.75) is 13.0 Å². The zero-order valence-electron chi connectivity index (χ0n) is 11.2. The molecule has 5 nitrogen and oxygen atoms in total. The zero-order valence-corrected chi connectivity index (χ0v) is 12.0. The minimum Gasteiger partial charge on any atom is -0.373 e. The molecule has 1 atom stereocenters. The maximum atomic E-state index is 11.0. The Morgan fingerprint density at radius 3 is 2.76 bits per heavy atom. The third-order valence-electron chi connectivity index (χ3n) is 3.04. The molecule has 0 amide bonds. The van der Waals surface area contributed by atoms with E-state index >= 15 is 0 Å². The Kier molecular flexibility index (Phi) is 4.41. The summed E-state index contributed by atoms with van der Waals surface area (Å²) in [6.45, 7) is 1.86. The Morgan fingerprint density at radius 2 is 2.10 bits per heavy atom. The SMILES string of the molecule is CC(Nc1cc(Cl)ccc1[N+](=O)[O-])c1cccc(C#N)c1. The quantitative estimate of drug-likeness (QED) is 0.674. The van der Waals surface area contributed by atoms with Crippen molar-refractivity contribution in [3.05, 3.63) is 68.7 Å². The molecule has 21 heavy (non-hydrogen) atoms. The van der Waals surface area contributed by atoms with Crippen molar-refractivity contribution in [1.29, 1.82) is 5.26 Å². The minimum absolute atomic E-state index is 0.0392. The lowest BCUT2D eigenvalue weighted by Gasteiger charge is -2.16. The fourth-order valence-corrected chi connectivity index (χ4v) is 2.15. The lowest BCUT2D eigenvalue weighted by atomic mass is 10.1. The number of nitro groups is 1. The van der Waals surface area contributed by atoms with E-state index in [1.54, 1.807) is 18.2 Å². The van der Waals surface area contributed by atoms with Crippen LogP contribution in [0, 0.1) is 21.4 Å². The van der Waals surface area contributed by atoms with Gasteiger partial charge in [-0.1, -0.05) is 23.7 Å². The van der Waals surface area contributed by atoms with Gasteiger partial charge in [0.2, 0.25) is 0 Å². The number of nitriles is 1. The molecule has 0 saturated carbocycles. The predicted molar refractivity (Wildman–Crippen MR) is 81.3 cm³/mol. The van der Waals surface area contributed by atoms with Crippen LogP contribution in [0.15, 0.2) is 42.5 Å². The highest BCUT2D eigenvalue weighted by Crippen LogP contribution is 2.30. The molecule has 6 heteroatoms. The van der Waals surface area contributed by atoms with E-state index in [0.717, 1.165) is 5.56 Å². The number of rotatable bonds is 4. The Labute approximate surface area is 126 Å². The van der Waals surface area contributed by atoms with Crippen molar-refractivity contribution in [2.75, 3.05) is 5.32 Å². The van der Waals surface area contributed by atoms with Crippen LogP contribution >= 0.6 is 11.6 Å². The summed E-state index contributed by atoms with van der Waals surface area (Å²) in [5.41, 5.74) is 1.72. The summed E-state index contributed by atoms with van der Waals surface area (Å²) < 4.78 is 0. The molecule has 0 aliphatic rings. The second-order valence-corrected chi connectivity index (χ2v) is 4.96. The Balaban J connectivity index is 2.31. The van der Waals surface area contributed by atoms with Crippen molar-refractivity contribution in [1.82, 2.24) is 0 Å². The van der Waals surface area contributed by atoms with Crippen molar-refractivity contribution in [3.8, 4) is 6.07 Å². The first-order valence-corrected chi connectivity index (χ1v) is 6.59. The molecule has 2 aromatic rings. The number of nitro benzene ring substituents is 1. The van der Waals surface area contributed by atoms with Crippen molar-refractivity contribution in [3.63, 3.8) is 0 Å². The van der Waals surface area contributed by atoms with Gasteiger partial charge < -0.3 is 5.32 Å². The Hall–Kier alpha value is -2.58. The summed E-state index contributed by atoms with van der Waals surface area (Å²) in [4.78, 5) is 10.6. The van der Waals surface area contributed by atoms with Gasteiger partial charge in [-0.15, -0.1) is 0 Å². The van der Waals surface area contributed by atoms with Crippen LogP contribution in [-0.4, -0.2) is 4.92 Å². The Morgan fingerprint density at radius 1 is 1.33 bits per heavy atom. The fraction of sp³-hybridized carbons (Fsp3) is 0.133.